The van der Waals surface area contributed by atoms with E-state index in [-0.39, 0.29) is 5.91 Å². The Bertz CT molecular complexity index is 607. The number of amides is 1. The largest absolute Gasteiger partial charge is 0.355 e. The van der Waals surface area contributed by atoms with Crippen molar-refractivity contribution in [3.05, 3.63) is 21.9 Å². The third-order valence-electron chi connectivity index (χ3n) is 2.88. The molecule has 0 fully saturated rings. The minimum absolute atomic E-state index is 0.00837. The highest BCUT2D eigenvalue weighted by Crippen LogP contribution is 2.15. The summed E-state index contributed by atoms with van der Waals surface area (Å²) >= 11 is 3.17. The Kier molecular flexibility index (Phi) is 5.75. The van der Waals surface area contributed by atoms with Gasteiger partial charge in [0.05, 0.1) is 17.1 Å². The molecule has 0 bridgehead atoms. The summed E-state index contributed by atoms with van der Waals surface area (Å²) in [5.74, 6) is 1.71. The van der Waals surface area contributed by atoms with E-state index in [1.807, 2.05) is 19.2 Å². The molecular formula is C13H19N5OS2. The number of aromatic nitrogens is 4. The van der Waals surface area contributed by atoms with Gasteiger partial charge in [0.15, 0.2) is 5.16 Å². The molecule has 6 nitrogen and oxygen atoms in total. The number of rotatable bonds is 7. The van der Waals surface area contributed by atoms with Crippen LogP contribution in [0.25, 0.3) is 0 Å². The average molecular weight is 325 g/mol. The van der Waals surface area contributed by atoms with E-state index in [1.165, 1.54) is 0 Å². The molecule has 21 heavy (non-hydrogen) atoms. The van der Waals surface area contributed by atoms with Gasteiger partial charge in [0.25, 0.3) is 0 Å². The monoisotopic (exact) mass is 325 g/mol. The molecule has 2 aromatic rings. The first-order valence-electron chi connectivity index (χ1n) is 6.80. The summed E-state index contributed by atoms with van der Waals surface area (Å²) in [6.45, 7) is 7.42. The highest BCUT2D eigenvalue weighted by Gasteiger charge is 2.08. The molecule has 0 saturated heterocycles. The van der Waals surface area contributed by atoms with Gasteiger partial charge in [-0.2, -0.15) is 0 Å². The predicted molar refractivity (Wildman–Crippen MR) is 84.7 cm³/mol. The Morgan fingerprint density at radius 3 is 2.90 bits per heavy atom. The number of hydrogen-bond acceptors (Lipinski definition) is 6. The van der Waals surface area contributed by atoms with Crippen LogP contribution in [0.4, 0.5) is 0 Å². The van der Waals surface area contributed by atoms with Gasteiger partial charge in [-0.05, 0) is 20.8 Å². The van der Waals surface area contributed by atoms with Crippen LogP contribution in [0.15, 0.2) is 10.5 Å². The fraction of sp³-hybridized carbons (Fsp3) is 0.538. The number of nitrogens with zero attached hydrogens (tertiary/aromatic N) is 4. The minimum atomic E-state index is 0.00837. The third-order valence-corrected chi connectivity index (χ3v) is 4.67. The van der Waals surface area contributed by atoms with E-state index in [0.29, 0.717) is 13.0 Å². The number of aryl methyl sites for hydroxylation is 2. The molecule has 0 unspecified atom stereocenters. The number of nitrogens with one attached hydrogen (secondary N) is 1. The number of thiazole rings is 1. The van der Waals surface area contributed by atoms with E-state index in [0.717, 1.165) is 34.0 Å². The standard InChI is InChI=1S/C13H19N5OS2/c1-4-18-9(2)16-17-13(18)20-6-5-14-12(19)7-11-8-21-10(3)15-11/h8H,4-7H2,1-3H3,(H,14,19). The van der Waals surface area contributed by atoms with Crippen LogP contribution in [0.3, 0.4) is 0 Å². The van der Waals surface area contributed by atoms with Gasteiger partial charge < -0.3 is 9.88 Å². The average Bonchev–Trinajstić information content (AvgIpc) is 3.01. The molecule has 1 amide bonds. The molecule has 1 N–H and O–H groups in total. The van der Waals surface area contributed by atoms with E-state index in [2.05, 4.69) is 32.0 Å². The van der Waals surface area contributed by atoms with Crippen molar-refractivity contribution < 1.29 is 4.79 Å². The first-order chi connectivity index (χ1) is 10.1. The van der Waals surface area contributed by atoms with Gasteiger partial charge in [-0.1, -0.05) is 11.8 Å². The summed E-state index contributed by atoms with van der Waals surface area (Å²) in [5, 5.41) is 14.9. The SMILES string of the molecule is CCn1c(C)nnc1SCCNC(=O)Cc1csc(C)n1. The lowest BCUT2D eigenvalue weighted by molar-refractivity contribution is -0.120. The summed E-state index contributed by atoms with van der Waals surface area (Å²) in [7, 11) is 0. The smallest absolute Gasteiger partial charge is 0.226 e. The van der Waals surface area contributed by atoms with Gasteiger partial charge >= 0.3 is 0 Å². The molecule has 2 rings (SSSR count). The zero-order valence-corrected chi connectivity index (χ0v) is 14.1. The Morgan fingerprint density at radius 2 is 2.24 bits per heavy atom. The van der Waals surface area contributed by atoms with Crippen molar-refractivity contribution in [2.24, 2.45) is 0 Å². The van der Waals surface area contributed by atoms with Crippen LogP contribution in [0, 0.1) is 13.8 Å². The van der Waals surface area contributed by atoms with Gasteiger partial charge in [0.1, 0.15) is 5.82 Å². The second-order valence-electron chi connectivity index (χ2n) is 4.51. The lowest BCUT2D eigenvalue weighted by Crippen LogP contribution is -2.27. The second kappa shape index (κ2) is 7.56. The second-order valence-corrected chi connectivity index (χ2v) is 6.63. The van der Waals surface area contributed by atoms with Crippen LogP contribution < -0.4 is 5.32 Å². The zero-order valence-electron chi connectivity index (χ0n) is 12.4. The van der Waals surface area contributed by atoms with E-state index in [1.54, 1.807) is 23.1 Å². The molecule has 2 heterocycles. The fourth-order valence-corrected chi connectivity index (χ4v) is 3.40. The third kappa shape index (κ3) is 4.53. The number of carbonyl (C=O) groups is 1. The number of carbonyl (C=O) groups excluding carboxylic acids is 1. The molecule has 0 aliphatic rings. The minimum Gasteiger partial charge on any atom is -0.355 e. The van der Waals surface area contributed by atoms with E-state index in [4.69, 9.17) is 0 Å². The lowest BCUT2D eigenvalue weighted by atomic mass is 10.3. The van der Waals surface area contributed by atoms with Gasteiger partial charge in [-0.3, -0.25) is 4.79 Å². The molecule has 114 valence electrons. The Morgan fingerprint density at radius 1 is 1.43 bits per heavy atom. The van der Waals surface area contributed by atoms with Crippen LogP contribution >= 0.6 is 23.1 Å². The molecule has 0 radical (unpaired) electrons. The molecule has 0 spiro atoms. The molecule has 0 saturated carbocycles. The highest BCUT2D eigenvalue weighted by molar-refractivity contribution is 7.99. The highest BCUT2D eigenvalue weighted by atomic mass is 32.2. The summed E-state index contributed by atoms with van der Waals surface area (Å²) in [5.41, 5.74) is 0.837. The van der Waals surface area contributed by atoms with Gasteiger partial charge in [-0.15, -0.1) is 21.5 Å². The molecule has 0 aliphatic heterocycles. The normalized spacial score (nSPS) is 10.8. The predicted octanol–water partition coefficient (Wildman–Crippen LogP) is 1.82. The van der Waals surface area contributed by atoms with E-state index in [9.17, 15) is 4.79 Å². The summed E-state index contributed by atoms with van der Waals surface area (Å²) in [6, 6.07) is 0. The van der Waals surface area contributed by atoms with Crippen molar-refractivity contribution in [1.29, 1.82) is 0 Å². The first-order valence-corrected chi connectivity index (χ1v) is 8.67. The quantitative estimate of drug-likeness (QED) is 0.621. The molecule has 0 aromatic carbocycles. The molecule has 0 atom stereocenters. The van der Waals surface area contributed by atoms with Crippen molar-refractivity contribution in [3.63, 3.8) is 0 Å². The van der Waals surface area contributed by atoms with Crippen molar-refractivity contribution in [1.82, 2.24) is 25.1 Å². The number of thioether (sulfide) groups is 1. The van der Waals surface area contributed by atoms with Crippen LogP contribution in [0.2, 0.25) is 0 Å². The topological polar surface area (TPSA) is 72.7 Å². The Balaban J connectivity index is 1.70. The lowest BCUT2D eigenvalue weighted by Gasteiger charge is -2.05. The Hall–Kier alpha value is -1.41. The molecular weight excluding hydrogens is 306 g/mol. The van der Waals surface area contributed by atoms with Gasteiger partial charge in [0.2, 0.25) is 5.91 Å². The molecule has 8 heteroatoms. The van der Waals surface area contributed by atoms with Crippen LogP contribution in [0.1, 0.15) is 23.4 Å². The van der Waals surface area contributed by atoms with Gasteiger partial charge in [0, 0.05) is 24.2 Å². The fourth-order valence-electron chi connectivity index (χ4n) is 1.88. The van der Waals surface area contributed by atoms with Gasteiger partial charge in [-0.25, -0.2) is 4.98 Å². The van der Waals surface area contributed by atoms with Crippen LogP contribution in [-0.2, 0) is 17.8 Å². The van der Waals surface area contributed by atoms with Crippen molar-refractivity contribution >= 4 is 29.0 Å². The Labute approximate surface area is 132 Å². The maximum absolute atomic E-state index is 11.8. The zero-order chi connectivity index (χ0) is 15.2. The summed E-state index contributed by atoms with van der Waals surface area (Å²) < 4.78 is 2.06. The summed E-state index contributed by atoms with van der Waals surface area (Å²) in [4.78, 5) is 16.1. The first kappa shape index (κ1) is 16.0. The summed E-state index contributed by atoms with van der Waals surface area (Å²) in [6.07, 6.45) is 0.346. The maximum atomic E-state index is 11.8. The molecule has 2 aromatic heterocycles. The number of hydrogen-bond donors (Lipinski definition) is 1. The maximum Gasteiger partial charge on any atom is 0.226 e. The van der Waals surface area contributed by atoms with Crippen molar-refractivity contribution in [2.75, 3.05) is 12.3 Å². The van der Waals surface area contributed by atoms with Crippen molar-refractivity contribution in [2.45, 2.75) is 38.9 Å². The van der Waals surface area contributed by atoms with Crippen LogP contribution in [0.5, 0.6) is 0 Å². The van der Waals surface area contributed by atoms with Crippen LogP contribution in [-0.4, -0.2) is 38.0 Å². The van der Waals surface area contributed by atoms with E-state index < -0.39 is 0 Å². The van der Waals surface area contributed by atoms with E-state index >= 15 is 0 Å². The van der Waals surface area contributed by atoms with Crippen molar-refractivity contribution in [3.8, 4) is 0 Å². The molecule has 0 aliphatic carbocycles.